The monoisotopic (exact) mass is 438 g/mol. The Balaban J connectivity index is 1.51. The lowest BCUT2D eigenvalue weighted by atomic mass is 9.73. The Bertz CT molecular complexity index is 1010. The second-order valence-electron chi connectivity index (χ2n) is 9.28. The van der Waals surface area contributed by atoms with E-state index in [1.54, 1.807) is 12.1 Å². The lowest BCUT2D eigenvalue weighted by molar-refractivity contribution is 0.144. The number of urea groups is 1. The molecule has 32 heavy (non-hydrogen) atoms. The standard InChI is InChI=1S/C24H30N4O4/c1-24(2)15-17-14-19(32-23(30)31)7-8-20(17)26-21(24)16-5-4-6-18(13-16)25-22(29)28-11-9-27(3)10-12-28/h4-8,13-14,21,26H,9-12,15H2,1-3H3,(H,25,29)(H,30,31). The Morgan fingerprint density at radius 3 is 2.59 bits per heavy atom. The van der Waals surface area contributed by atoms with E-state index in [9.17, 15) is 9.59 Å². The van der Waals surface area contributed by atoms with Crippen LogP contribution in [0.25, 0.3) is 0 Å². The number of likely N-dealkylation sites (N-methyl/N-ethyl adjacent to an activating group) is 1. The van der Waals surface area contributed by atoms with E-state index in [2.05, 4.69) is 42.5 Å². The van der Waals surface area contributed by atoms with Crippen molar-refractivity contribution < 1.29 is 19.4 Å². The second-order valence-corrected chi connectivity index (χ2v) is 9.28. The highest BCUT2D eigenvalue weighted by atomic mass is 16.7. The van der Waals surface area contributed by atoms with Crippen LogP contribution in [0.4, 0.5) is 21.0 Å². The first-order valence-corrected chi connectivity index (χ1v) is 10.9. The highest BCUT2D eigenvalue weighted by molar-refractivity contribution is 5.89. The van der Waals surface area contributed by atoms with Crippen LogP contribution in [0.3, 0.4) is 0 Å². The number of carbonyl (C=O) groups is 2. The number of benzene rings is 2. The predicted molar refractivity (Wildman–Crippen MR) is 123 cm³/mol. The Labute approximate surface area is 188 Å². The van der Waals surface area contributed by atoms with Crippen molar-refractivity contribution in [3.8, 4) is 5.75 Å². The Morgan fingerprint density at radius 2 is 1.88 bits per heavy atom. The van der Waals surface area contributed by atoms with Gasteiger partial charge in [-0.05, 0) is 60.3 Å². The van der Waals surface area contributed by atoms with Gasteiger partial charge in [0, 0.05) is 37.6 Å². The summed E-state index contributed by atoms with van der Waals surface area (Å²) in [5, 5.41) is 15.5. The van der Waals surface area contributed by atoms with E-state index in [1.165, 1.54) is 0 Å². The van der Waals surface area contributed by atoms with Crippen LogP contribution in [0.5, 0.6) is 5.75 Å². The molecule has 0 aromatic heterocycles. The normalized spacial score (nSPS) is 20.1. The topological polar surface area (TPSA) is 94.1 Å². The highest BCUT2D eigenvalue weighted by Gasteiger charge is 2.36. The number of nitrogens with zero attached hydrogens (tertiary/aromatic N) is 2. The van der Waals surface area contributed by atoms with Crippen LogP contribution in [-0.4, -0.2) is 60.3 Å². The van der Waals surface area contributed by atoms with Crippen LogP contribution in [-0.2, 0) is 6.42 Å². The lowest BCUT2D eigenvalue weighted by Crippen LogP contribution is -2.48. The molecule has 3 N–H and O–H groups in total. The number of hydrogen-bond donors (Lipinski definition) is 3. The minimum Gasteiger partial charge on any atom is -0.449 e. The molecule has 2 aromatic carbocycles. The van der Waals surface area contributed by atoms with E-state index in [0.29, 0.717) is 5.75 Å². The highest BCUT2D eigenvalue weighted by Crippen LogP contribution is 2.45. The van der Waals surface area contributed by atoms with Crippen molar-refractivity contribution in [2.45, 2.75) is 26.3 Å². The molecule has 1 fully saturated rings. The zero-order valence-electron chi connectivity index (χ0n) is 18.7. The summed E-state index contributed by atoms with van der Waals surface area (Å²) in [5.74, 6) is 0.320. The zero-order valence-corrected chi connectivity index (χ0v) is 18.7. The first-order valence-electron chi connectivity index (χ1n) is 10.9. The van der Waals surface area contributed by atoms with Crippen molar-refractivity contribution in [2.24, 2.45) is 5.41 Å². The third-order valence-corrected chi connectivity index (χ3v) is 6.27. The molecule has 4 rings (SSSR count). The molecule has 2 heterocycles. The van der Waals surface area contributed by atoms with Crippen molar-refractivity contribution >= 4 is 23.6 Å². The molecule has 2 amide bonds. The molecule has 8 nitrogen and oxygen atoms in total. The van der Waals surface area contributed by atoms with Gasteiger partial charge >= 0.3 is 12.2 Å². The van der Waals surface area contributed by atoms with E-state index in [4.69, 9.17) is 9.84 Å². The molecule has 0 bridgehead atoms. The van der Waals surface area contributed by atoms with Crippen molar-refractivity contribution in [2.75, 3.05) is 43.9 Å². The number of carboxylic acid groups (broad SMARTS) is 1. The molecule has 0 aliphatic carbocycles. The molecule has 2 aromatic rings. The molecule has 8 heteroatoms. The second kappa shape index (κ2) is 8.70. The number of fused-ring (bicyclic) bond motifs is 1. The van der Waals surface area contributed by atoms with E-state index >= 15 is 0 Å². The fourth-order valence-corrected chi connectivity index (χ4v) is 4.51. The van der Waals surface area contributed by atoms with Gasteiger partial charge in [-0.2, -0.15) is 0 Å². The molecule has 1 atom stereocenters. The number of nitrogens with one attached hydrogen (secondary N) is 2. The summed E-state index contributed by atoms with van der Waals surface area (Å²) in [7, 11) is 2.07. The van der Waals surface area contributed by atoms with Gasteiger partial charge in [0.1, 0.15) is 5.75 Å². The summed E-state index contributed by atoms with van der Waals surface area (Å²) in [6.07, 6.45) is -0.560. The number of rotatable bonds is 3. The van der Waals surface area contributed by atoms with Gasteiger partial charge in [0.15, 0.2) is 0 Å². The van der Waals surface area contributed by atoms with Crippen molar-refractivity contribution in [1.82, 2.24) is 9.80 Å². The molecular formula is C24H30N4O4. The predicted octanol–water partition coefficient (Wildman–Crippen LogP) is 4.26. The third kappa shape index (κ3) is 4.80. The van der Waals surface area contributed by atoms with E-state index in [-0.39, 0.29) is 17.5 Å². The van der Waals surface area contributed by atoms with Gasteiger partial charge in [-0.3, -0.25) is 0 Å². The number of carbonyl (C=O) groups excluding carboxylic acids is 1. The average molecular weight is 439 g/mol. The minimum atomic E-state index is -1.32. The van der Waals surface area contributed by atoms with Gasteiger partial charge < -0.3 is 30.3 Å². The van der Waals surface area contributed by atoms with Gasteiger partial charge in [0.2, 0.25) is 0 Å². The number of piperazine rings is 1. The summed E-state index contributed by atoms with van der Waals surface area (Å²) in [6.45, 7) is 7.56. The number of anilines is 2. The summed E-state index contributed by atoms with van der Waals surface area (Å²) in [4.78, 5) is 27.6. The fourth-order valence-electron chi connectivity index (χ4n) is 4.51. The van der Waals surface area contributed by atoms with Crippen LogP contribution in [0, 0.1) is 5.41 Å². The van der Waals surface area contributed by atoms with E-state index in [0.717, 1.165) is 55.1 Å². The summed E-state index contributed by atoms with van der Waals surface area (Å²) in [5.41, 5.74) is 3.70. The fraction of sp³-hybridized carbons (Fsp3) is 0.417. The van der Waals surface area contributed by atoms with Gasteiger partial charge in [0.25, 0.3) is 0 Å². The molecule has 2 aliphatic heterocycles. The smallest absolute Gasteiger partial charge is 0.449 e. The van der Waals surface area contributed by atoms with Gasteiger partial charge in [-0.1, -0.05) is 26.0 Å². The van der Waals surface area contributed by atoms with Gasteiger partial charge in [-0.25, -0.2) is 9.59 Å². The third-order valence-electron chi connectivity index (χ3n) is 6.27. The number of hydrogen-bond acceptors (Lipinski definition) is 5. The first kappa shape index (κ1) is 22.0. The maximum Gasteiger partial charge on any atom is 0.511 e. The average Bonchev–Trinajstić information content (AvgIpc) is 2.72. The van der Waals surface area contributed by atoms with Crippen LogP contribution in [0.2, 0.25) is 0 Å². The summed E-state index contributed by atoms with van der Waals surface area (Å²) >= 11 is 0. The zero-order chi connectivity index (χ0) is 22.9. The summed E-state index contributed by atoms with van der Waals surface area (Å²) < 4.78 is 4.81. The molecule has 1 unspecified atom stereocenters. The van der Waals surface area contributed by atoms with Crippen molar-refractivity contribution in [3.63, 3.8) is 0 Å². The van der Waals surface area contributed by atoms with Crippen LogP contribution >= 0.6 is 0 Å². The maximum absolute atomic E-state index is 12.7. The van der Waals surface area contributed by atoms with Crippen molar-refractivity contribution in [3.05, 3.63) is 53.6 Å². The van der Waals surface area contributed by atoms with Crippen LogP contribution in [0.1, 0.15) is 31.0 Å². The Morgan fingerprint density at radius 1 is 1.12 bits per heavy atom. The quantitative estimate of drug-likeness (QED) is 0.490. The SMILES string of the molecule is CN1CCN(C(=O)Nc2cccc(C3Nc4ccc(OC(=O)O)cc4CC3(C)C)c2)CC1. The largest absolute Gasteiger partial charge is 0.511 e. The van der Waals surface area contributed by atoms with Gasteiger partial charge in [-0.15, -0.1) is 0 Å². The lowest BCUT2D eigenvalue weighted by Gasteiger charge is -2.41. The molecule has 0 saturated carbocycles. The van der Waals surface area contributed by atoms with E-state index in [1.807, 2.05) is 29.2 Å². The molecule has 2 aliphatic rings. The van der Waals surface area contributed by atoms with Crippen LogP contribution in [0.15, 0.2) is 42.5 Å². The van der Waals surface area contributed by atoms with E-state index < -0.39 is 6.16 Å². The minimum absolute atomic E-state index is 0.0294. The van der Waals surface area contributed by atoms with Gasteiger partial charge in [0.05, 0.1) is 6.04 Å². The molecular weight excluding hydrogens is 408 g/mol. The van der Waals surface area contributed by atoms with Crippen LogP contribution < -0.4 is 15.4 Å². The maximum atomic E-state index is 12.7. The molecule has 0 spiro atoms. The Kier molecular flexibility index (Phi) is 5.97. The van der Waals surface area contributed by atoms with Crippen molar-refractivity contribution in [1.29, 1.82) is 0 Å². The first-order chi connectivity index (χ1) is 15.2. The molecule has 1 saturated heterocycles. The molecule has 170 valence electrons. The molecule has 0 radical (unpaired) electrons. The Hall–Kier alpha value is -3.26. The number of ether oxygens (including phenoxy) is 1. The summed E-state index contributed by atoms with van der Waals surface area (Å²) in [6, 6.07) is 13.2. The number of amides is 2.